The summed E-state index contributed by atoms with van der Waals surface area (Å²) in [5.41, 5.74) is 7.42. The Bertz CT molecular complexity index is 1060. The van der Waals surface area contributed by atoms with Gasteiger partial charge in [-0.3, -0.25) is 4.79 Å². The van der Waals surface area contributed by atoms with Crippen LogP contribution in [0, 0.1) is 18.7 Å². The van der Waals surface area contributed by atoms with E-state index in [4.69, 9.17) is 15.6 Å². The molecule has 1 fully saturated rings. The molecule has 2 heterocycles. The highest BCUT2D eigenvalue weighted by Crippen LogP contribution is 2.41. The number of ether oxygens (including phenoxy) is 1. The smallest absolute Gasteiger partial charge is 0.303 e. The monoisotopic (exact) mass is 426 g/mol. The Kier molecular flexibility index (Phi) is 5.41. The Balaban J connectivity index is 1.60. The van der Waals surface area contributed by atoms with E-state index in [0.717, 1.165) is 25.7 Å². The summed E-state index contributed by atoms with van der Waals surface area (Å²) in [5, 5.41) is 8.98. The number of carbonyl (C=O) groups is 1. The van der Waals surface area contributed by atoms with Crippen molar-refractivity contribution in [3.8, 4) is 5.88 Å². The number of aliphatic carboxylic acids is 1. The molecule has 0 atom stereocenters. The normalized spacial score (nSPS) is 22.3. The number of carboxylic acid groups (broad SMARTS) is 1. The van der Waals surface area contributed by atoms with Gasteiger partial charge in [0.2, 0.25) is 5.88 Å². The van der Waals surface area contributed by atoms with Gasteiger partial charge in [0, 0.05) is 12.0 Å². The van der Waals surface area contributed by atoms with Gasteiger partial charge in [0.05, 0.1) is 5.71 Å². The van der Waals surface area contributed by atoms with Gasteiger partial charge < -0.3 is 15.6 Å². The lowest BCUT2D eigenvalue weighted by Gasteiger charge is -2.32. The number of aryl methyl sites for hydroxylation is 1. The van der Waals surface area contributed by atoms with Crippen molar-refractivity contribution < 1.29 is 19.0 Å². The van der Waals surface area contributed by atoms with E-state index in [0.29, 0.717) is 34.2 Å². The zero-order chi connectivity index (χ0) is 22.3. The molecule has 0 spiro atoms. The zero-order valence-electron chi connectivity index (χ0n) is 18.0. The molecule has 0 unspecified atom stereocenters. The number of hydrogen-bond donors (Lipinski definition) is 2. The molecule has 3 N–H and O–H groups in total. The summed E-state index contributed by atoms with van der Waals surface area (Å²) in [6.45, 7) is 5.45. The van der Waals surface area contributed by atoms with Gasteiger partial charge in [-0.1, -0.05) is 12.1 Å². The summed E-state index contributed by atoms with van der Waals surface area (Å²) in [4.78, 5) is 24.0. The van der Waals surface area contributed by atoms with Gasteiger partial charge in [0.25, 0.3) is 0 Å². The van der Waals surface area contributed by atoms with Crippen molar-refractivity contribution in [1.82, 2.24) is 9.97 Å². The fourth-order valence-electron chi connectivity index (χ4n) is 4.62. The van der Waals surface area contributed by atoms with Crippen molar-refractivity contribution in [1.29, 1.82) is 0 Å². The highest BCUT2D eigenvalue weighted by molar-refractivity contribution is 6.09. The highest BCUT2D eigenvalue weighted by Gasteiger charge is 2.36. The van der Waals surface area contributed by atoms with Crippen LogP contribution in [-0.2, 0) is 4.79 Å². The first kappa shape index (κ1) is 21.2. The van der Waals surface area contributed by atoms with Crippen molar-refractivity contribution >= 4 is 23.2 Å². The third-order valence-electron chi connectivity index (χ3n) is 6.16. The summed E-state index contributed by atoms with van der Waals surface area (Å²) in [6, 6.07) is 5.18. The molecule has 4 rings (SSSR count). The number of halogens is 1. The molecule has 0 bridgehead atoms. The van der Waals surface area contributed by atoms with Gasteiger partial charge in [-0.2, -0.15) is 4.98 Å². The fourth-order valence-corrected chi connectivity index (χ4v) is 4.62. The van der Waals surface area contributed by atoms with Crippen LogP contribution in [0.3, 0.4) is 0 Å². The maximum absolute atomic E-state index is 15.1. The predicted octanol–water partition coefficient (Wildman–Crippen LogP) is 4.55. The number of carboxylic acids is 1. The number of hydrogen-bond acceptors (Lipinski definition) is 6. The van der Waals surface area contributed by atoms with E-state index < -0.39 is 11.6 Å². The van der Waals surface area contributed by atoms with Crippen LogP contribution in [0.5, 0.6) is 5.88 Å². The highest BCUT2D eigenvalue weighted by atomic mass is 19.1. The average molecular weight is 426 g/mol. The number of nitrogens with zero attached hydrogens (tertiary/aromatic N) is 3. The van der Waals surface area contributed by atoms with Crippen LogP contribution in [0.15, 0.2) is 23.2 Å². The van der Waals surface area contributed by atoms with Crippen LogP contribution in [0.1, 0.15) is 68.8 Å². The van der Waals surface area contributed by atoms with E-state index in [1.54, 1.807) is 6.92 Å². The lowest BCUT2D eigenvalue weighted by atomic mass is 9.77. The number of anilines is 1. The molecule has 2 aliphatic rings. The van der Waals surface area contributed by atoms with Crippen molar-refractivity contribution in [2.75, 3.05) is 5.73 Å². The minimum absolute atomic E-state index is 0.101. The molecule has 8 heteroatoms. The van der Waals surface area contributed by atoms with E-state index in [2.05, 4.69) is 15.0 Å². The SMILES string of the molecule is Cc1nc(N)c2c(n1)OC(C)(C)C(c1ccc([C@H]3CC[C@H](CC(=O)O)CC3)c(F)c1)=N2. The summed E-state index contributed by atoms with van der Waals surface area (Å²) < 4.78 is 21.2. The number of aliphatic imine (C=N–C) groups is 1. The Morgan fingerprint density at radius 1 is 1.26 bits per heavy atom. The van der Waals surface area contributed by atoms with Gasteiger partial charge in [0.1, 0.15) is 17.2 Å². The van der Waals surface area contributed by atoms with Crippen molar-refractivity contribution in [3.63, 3.8) is 0 Å². The molecule has 0 radical (unpaired) electrons. The molecule has 1 saturated carbocycles. The second-order valence-electron chi connectivity index (χ2n) is 8.93. The quantitative estimate of drug-likeness (QED) is 0.742. The first-order valence-corrected chi connectivity index (χ1v) is 10.6. The summed E-state index contributed by atoms with van der Waals surface area (Å²) >= 11 is 0. The molecular formula is C23H27FN4O3. The van der Waals surface area contributed by atoms with E-state index >= 15 is 4.39 Å². The third-order valence-corrected chi connectivity index (χ3v) is 6.16. The molecule has 164 valence electrons. The number of nitrogens with two attached hydrogens (primary N) is 1. The third kappa shape index (κ3) is 4.24. The Hall–Kier alpha value is -3.03. The molecule has 1 aromatic heterocycles. The fraction of sp³-hybridized carbons (Fsp3) is 0.478. The van der Waals surface area contributed by atoms with E-state index in [9.17, 15) is 4.79 Å². The summed E-state index contributed by atoms with van der Waals surface area (Å²) in [5.74, 6) is 0.293. The molecule has 1 aliphatic heterocycles. The lowest BCUT2D eigenvalue weighted by molar-refractivity contribution is -0.138. The van der Waals surface area contributed by atoms with Crippen LogP contribution in [-0.4, -0.2) is 32.4 Å². The Morgan fingerprint density at radius 3 is 2.61 bits per heavy atom. The van der Waals surface area contributed by atoms with E-state index in [-0.39, 0.29) is 29.9 Å². The van der Waals surface area contributed by atoms with E-state index in [1.165, 1.54) is 6.07 Å². The molecular weight excluding hydrogens is 399 g/mol. The van der Waals surface area contributed by atoms with Gasteiger partial charge in [0.15, 0.2) is 11.5 Å². The maximum Gasteiger partial charge on any atom is 0.303 e. The van der Waals surface area contributed by atoms with Crippen molar-refractivity contribution in [3.05, 3.63) is 41.0 Å². The molecule has 1 aromatic carbocycles. The van der Waals surface area contributed by atoms with Gasteiger partial charge in [-0.05, 0) is 69.9 Å². The Morgan fingerprint density at radius 2 is 1.97 bits per heavy atom. The predicted molar refractivity (Wildman–Crippen MR) is 115 cm³/mol. The second kappa shape index (κ2) is 7.90. The lowest BCUT2D eigenvalue weighted by Crippen LogP contribution is -2.41. The minimum atomic E-state index is -0.816. The number of aromatic nitrogens is 2. The average Bonchev–Trinajstić information content (AvgIpc) is 2.67. The number of nitrogen functional groups attached to an aromatic ring is 1. The van der Waals surface area contributed by atoms with Crippen molar-refractivity contribution in [2.24, 2.45) is 10.9 Å². The first-order valence-electron chi connectivity index (χ1n) is 10.6. The van der Waals surface area contributed by atoms with Crippen LogP contribution >= 0.6 is 0 Å². The first-order chi connectivity index (χ1) is 14.6. The largest absolute Gasteiger partial charge is 0.481 e. The number of fused-ring (bicyclic) bond motifs is 1. The summed E-state index contributed by atoms with van der Waals surface area (Å²) in [6.07, 6.45) is 3.40. The van der Waals surface area contributed by atoms with Gasteiger partial charge >= 0.3 is 5.97 Å². The molecule has 0 amide bonds. The van der Waals surface area contributed by atoms with E-state index in [1.807, 2.05) is 26.0 Å². The van der Waals surface area contributed by atoms with Gasteiger partial charge in [-0.15, -0.1) is 0 Å². The minimum Gasteiger partial charge on any atom is -0.481 e. The second-order valence-corrected chi connectivity index (χ2v) is 8.93. The standard InChI is InChI=1S/C23H27FN4O3/c1-12-26-21(25)19-22(27-12)31-23(2,3)20(28-19)15-8-9-16(17(24)11-15)14-6-4-13(5-7-14)10-18(29)30/h8-9,11,13-14H,4-7,10H2,1-3H3,(H,29,30)(H2,25,26,27)/t13-,14-. The molecule has 0 saturated heterocycles. The molecule has 31 heavy (non-hydrogen) atoms. The maximum atomic E-state index is 15.1. The number of benzene rings is 1. The summed E-state index contributed by atoms with van der Waals surface area (Å²) in [7, 11) is 0. The van der Waals surface area contributed by atoms with Crippen LogP contribution in [0.25, 0.3) is 0 Å². The molecule has 7 nitrogen and oxygen atoms in total. The molecule has 1 aliphatic carbocycles. The topological polar surface area (TPSA) is 111 Å². The van der Waals surface area contributed by atoms with Crippen molar-refractivity contribution in [2.45, 2.75) is 64.4 Å². The van der Waals surface area contributed by atoms with Crippen LogP contribution in [0.4, 0.5) is 15.9 Å². The number of rotatable bonds is 4. The zero-order valence-corrected chi connectivity index (χ0v) is 18.0. The van der Waals surface area contributed by atoms with Crippen LogP contribution < -0.4 is 10.5 Å². The Labute approximate surface area is 180 Å². The van der Waals surface area contributed by atoms with Gasteiger partial charge in [-0.25, -0.2) is 14.4 Å². The molecule has 2 aromatic rings. The van der Waals surface area contributed by atoms with Crippen LogP contribution in [0.2, 0.25) is 0 Å².